The summed E-state index contributed by atoms with van der Waals surface area (Å²) in [6.45, 7) is 5.01. The number of hydrogen-bond donors (Lipinski definition) is 1. The average molecular weight is 413 g/mol. The highest BCUT2D eigenvalue weighted by Gasteiger charge is 2.32. The molecule has 1 N–H and O–H groups in total. The molecule has 0 radical (unpaired) electrons. The zero-order chi connectivity index (χ0) is 20.5. The Hall–Kier alpha value is -2.13. The van der Waals surface area contributed by atoms with E-state index in [1.807, 2.05) is 0 Å². The number of benzene rings is 1. The Morgan fingerprint density at radius 3 is 2.71 bits per heavy atom. The number of aromatic nitrogens is 1. The van der Waals surface area contributed by atoms with Gasteiger partial charge in [-0.05, 0) is 44.5 Å². The van der Waals surface area contributed by atoms with Crippen molar-refractivity contribution in [3.63, 3.8) is 0 Å². The molecule has 0 aliphatic carbocycles. The zero-order valence-corrected chi connectivity index (χ0v) is 16.7. The first-order chi connectivity index (χ1) is 13.2. The van der Waals surface area contributed by atoms with Crippen LogP contribution in [0.5, 0.6) is 5.75 Å². The molecule has 2 aromatic rings. The van der Waals surface area contributed by atoms with Gasteiger partial charge in [-0.3, -0.25) is 9.69 Å². The molecule has 28 heavy (non-hydrogen) atoms. The van der Waals surface area contributed by atoms with E-state index in [-0.39, 0.29) is 11.7 Å². The summed E-state index contributed by atoms with van der Waals surface area (Å²) in [6, 6.07) is 3.98. The van der Waals surface area contributed by atoms with Gasteiger partial charge in [-0.2, -0.15) is 13.2 Å². The van der Waals surface area contributed by atoms with Crippen molar-refractivity contribution in [3.8, 4) is 17.0 Å². The molecule has 1 aliphatic heterocycles. The topological polar surface area (TPSA) is 54.5 Å². The van der Waals surface area contributed by atoms with Crippen LogP contribution >= 0.6 is 11.3 Å². The molecule has 2 heterocycles. The average Bonchev–Trinajstić information content (AvgIpc) is 3.20. The molecule has 1 atom stereocenters. The van der Waals surface area contributed by atoms with E-state index >= 15 is 0 Å². The van der Waals surface area contributed by atoms with Crippen molar-refractivity contribution in [3.05, 3.63) is 28.6 Å². The maximum Gasteiger partial charge on any atom is 0.416 e. The van der Waals surface area contributed by atoms with Crippen LogP contribution in [0.1, 0.15) is 37.1 Å². The number of carbonyl (C=O) groups excluding carboxylic acids is 1. The number of ether oxygens (including phenoxy) is 1. The molecule has 0 spiro atoms. The minimum atomic E-state index is -4.50. The number of alkyl halides is 3. The van der Waals surface area contributed by atoms with Crippen LogP contribution in [-0.4, -0.2) is 35.5 Å². The Kier molecular flexibility index (Phi) is 5.95. The molecule has 1 fully saturated rings. The summed E-state index contributed by atoms with van der Waals surface area (Å²) in [6.07, 6.45) is -2.32. The minimum absolute atomic E-state index is 0.111. The lowest BCUT2D eigenvalue weighted by Crippen LogP contribution is -2.25. The molecule has 1 aliphatic rings. The quantitative estimate of drug-likeness (QED) is 0.767. The standard InChI is InChI=1S/C19H22F3N3O2S/c1-11-5-4-6-25(11)10-16-17(24-18(28-16)23-12(2)26)13-7-14(19(20,21)22)9-15(8-13)27-3/h7-9,11H,4-6,10H2,1-3H3,(H,23,24,26). The summed E-state index contributed by atoms with van der Waals surface area (Å²) in [5.74, 6) is -0.164. The normalized spacial score (nSPS) is 17.7. The summed E-state index contributed by atoms with van der Waals surface area (Å²) >= 11 is 1.29. The van der Waals surface area contributed by atoms with Gasteiger partial charge in [-0.1, -0.05) is 11.3 Å². The van der Waals surface area contributed by atoms with E-state index in [2.05, 4.69) is 22.1 Å². The second-order valence-electron chi connectivity index (χ2n) is 6.88. The van der Waals surface area contributed by atoms with Crippen LogP contribution in [0.3, 0.4) is 0 Å². The van der Waals surface area contributed by atoms with E-state index in [4.69, 9.17) is 4.74 Å². The monoisotopic (exact) mass is 413 g/mol. The van der Waals surface area contributed by atoms with E-state index in [1.54, 1.807) is 6.07 Å². The molecule has 5 nitrogen and oxygen atoms in total. The van der Waals surface area contributed by atoms with Crippen molar-refractivity contribution in [2.75, 3.05) is 19.0 Å². The number of halogens is 3. The number of amides is 1. The third kappa shape index (κ3) is 4.64. The first kappa shape index (κ1) is 20.6. The van der Waals surface area contributed by atoms with Gasteiger partial charge in [-0.25, -0.2) is 4.98 Å². The van der Waals surface area contributed by atoms with Crippen molar-refractivity contribution >= 4 is 22.4 Å². The summed E-state index contributed by atoms with van der Waals surface area (Å²) in [5.41, 5.74) is -0.0324. The number of rotatable bonds is 5. The highest BCUT2D eigenvalue weighted by atomic mass is 32.1. The number of likely N-dealkylation sites (tertiary alicyclic amines) is 1. The molecular formula is C19H22F3N3O2S. The fourth-order valence-corrected chi connectivity index (χ4v) is 4.37. The Morgan fingerprint density at radius 1 is 1.39 bits per heavy atom. The molecule has 1 aromatic carbocycles. The smallest absolute Gasteiger partial charge is 0.416 e. The molecular weight excluding hydrogens is 391 g/mol. The maximum atomic E-state index is 13.3. The molecule has 0 saturated carbocycles. The van der Waals surface area contributed by atoms with E-state index in [0.29, 0.717) is 29.0 Å². The van der Waals surface area contributed by atoms with E-state index < -0.39 is 11.7 Å². The molecule has 1 aromatic heterocycles. The third-order valence-corrected chi connectivity index (χ3v) is 5.72. The summed E-state index contributed by atoms with van der Waals surface area (Å²) in [4.78, 5) is 18.9. The van der Waals surface area contributed by atoms with Crippen LogP contribution in [0, 0.1) is 0 Å². The number of nitrogens with one attached hydrogen (secondary N) is 1. The van der Waals surface area contributed by atoms with Crippen molar-refractivity contribution in [1.29, 1.82) is 0 Å². The van der Waals surface area contributed by atoms with Gasteiger partial charge < -0.3 is 10.1 Å². The SMILES string of the molecule is COc1cc(-c2nc(NC(C)=O)sc2CN2CCCC2C)cc(C(F)(F)F)c1. The molecule has 3 rings (SSSR count). The lowest BCUT2D eigenvalue weighted by atomic mass is 10.1. The van der Waals surface area contributed by atoms with E-state index in [0.717, 1.165) is 36.4 Å². The second-order valence-corrected chi connectivity index (χ2v) is 7.97. The van der Waals surface area contributed by atoms with Gasteiger partial charge in [0.25, 0.3) is 0 Å². The number of thiazole rings is 1. The van der Waals surface area contributed by atoms with Gasteiger partial charge in [0, 0.05) is 30.0 Å². The van der Waals surface area contributed by atoms with Gasteiger partial charge in [-0.15, -0.1) is 0 Å². The summed E-state index contributed by atoms with van der Waals surface area (Å²) in [7, 11) is 1.33. The Labute approximate surface area is 165 Å². The van der Waals surface area contributed by atoms with Gasteiger partial charge in [0.15, 0.2) is 5.13 Å². The lowest BCUT2D eigenvalue weighted by molar-refractivity contribution is -0.137. The van der Waals surface area contributed by atoms with Crippen LogP contribution in [0.4, 0.5) is 18.3 Å². The van der Waals surface area contributed by atoms with Gasteiger partial charge >= 0.3 is 6.18 Å². The second kappa shape index (κ2) is 8.08. The number of carbonyl (C=O) groups is 1. The minimum Gasteiger partial charge on any atom is -0.497 e. The fraction of sp³-hybridized carbons (Fsp3) is 0.474. The Morgan fingerprint density at radius 2 is 2.14 bits per heavy atom. The van der Waals surface area contributed by atoms with Crippen molar-refractivity contribution in [1.82, 2.24) is 9.88 Å². The van der Waals surface area contributed by atoms with Crippen molar-refractivity contribution in [2.45, 2.75) is 45.5 Å². The summed E-state index contributed by atoms with van der Waals surface area (Å²) < 4.78 is 45.0. The predicted octanol–water partition coefficient (Wildman–Crippen LogP) is 4.78. The van der Waals surface area contributed by atoms with Crippen LogP contribution < -0.4 is 10.1 Å². The van der Waals surface area contributed by atoms with E-state index in [9.17, 15) is 18.0 Å². The predicted molar refractivity (Wildman–Crippen MR) is 103 cm³/mol. The fourth-order valence-electron chi connectivity index (χ4n) is 3.32. The highest BCUT2D eigenvalue weighted by molar-refractivity contribution is 7.16. The Balaban J connectivity index is 2.06. The van der Waals surface area contributed by atoms with Gasteiger partial charge in [0.05, 0.1) is 18.4 Å². The van der Waals surface area contributed by atoms with Crippen LogP contribution in [0.25, 0.3) is 11.3 Å². The zero-order valence-electron chi connectivity index (χ0n) is 15.9. The van der Waals surface area contributed by atoms with Gasteiger partial charge in [0.2, 0.25) is 5.91 Å². The third-order valence-electron chi connectivity index (χ3n) is 4.76. The molecule has 0 bridgehead atoms. The molecule has 1 unspecified atom stereocenters. The van der Waals surface area contributed by atoms with Crippen molar-refractivity contribution < 1.29 is 22.7 Å². The van der Waals surface area contributed by atoms with Crippen molar-refractivity contribution in [2.24, 2.45) is 0 Å². The van der Waals surface area contributed by atoms with Crippen LogP contribution in [0.2, 0.25) is 0 Å². The first-order valence-electron chi connectivity index (χ1n) is 8.95. The largest absolute Gasteiger partial charge is 0.497 e. The molecule has 9 heteroatoms. The first-order valence-corrected chi connectivity index (χ1v) is 9.77. The lowest BCUT2D eigenvalue weighted by Gasteiger charge is -2.20. The molecule has 1 saturated heterocycles. The summed E-state index contributed by atoms with van der Waals surface area (Å²) in [5, 5.41) is 3.02. The maximum absolute atomic E-state index is 13.3. The molecule has 152 valence electrons. The van der Waals surface area contributed by atoms with Crippen LogP contribution in [-0.2, 0) is 17.5 Å². The number of hydrogen-bond acceptors (Lipinski definition) is 5. The number of nitrogens with zero attached hydrogens (tertiary/aromatic N) is 2. The number of anilines is 1. The molecule has 1 amide bonds. The van der Waals surface area contributed by atoms with E-state index in [1.165, 1.54) is 25.4 Å². The number of methoxy groups -OCH3 is 1. The van der Waals surface area contributed by atoms with Crippen LogP contribution in [0.15, 0.2) is 18.2 Å². The van der Waals surface area contributed by atoms with Gasteiger partial charge in [0.1, 0.15) is 5.75 Å². The highest BCUT2D eigenvalue weighted by Crippen LogP contribution is 2.39. The Bertz CT molecular complexity index is 867.